The predicted octanol–water partition coefficient (Wildman–Crippen LogP) is 8.88. The van der Waals surface area contributed by atoms with Gasteiger partial charge in [0, 0.05) is 5.41 Å². The molecule has 5 nitrogen and oxygen atoms in total. The van der Waals surface area contributed by atoms with Crippen molar-refractivity contribution in [2.45, 2.75) is 26.2 Å². The van der Waals surface area contributed by atoms with Gasteiger partial charge in [0.05, 0.1) is 24.8 Å². The van der Waals surface area contributed by atoms with Crippen molar-refractivity contribution in [3.05, 3.63) is 130 Å². The molecule has 0 saturated carbocycles. The van der Waals surface area contributed by atoms with Gasteiger partial charge < -0.3 is 9.47 Å². The number of rotatable bonds is 6. The Labute approximate surface area is 211 Å². The van der Waals surface area contributed by atoms with Crippen molar-refractivity contribution in [2.24, 2.45) is 0 Å². The second-order valence-corrected chi connectivity index (χ2v) is 8.84. The lowest BCUT2D eigenvalue weighted by atomic mass is 9.78. The van der Waals surface area contributed by atoms with Crippen LogP contribution in [0.25, 0.3) is 9.69 Å². The Bertz CT molecular complexity index is 1530. The largest absolute Gasteiger partial charge is 0.459 e. The fourth-order valence-corrected chi connectivity index (χ4v) is 3.85. The van der Waals surface area contributed by atoms with E-state index in [1.54, 1.807) is 24.3 Å². The highest BCUT2D eigenvalue weighted by molar-refractivity contribution is 5.72. The van der Waals surface area contributed by atoms with E-state index in [0.29, 0.717) is 34.2 Å². The Hall–Kier alpha value is -5.05. The van der Waals surface area contributed by atoms with Crippen LogP contribution in [0.3, 0.4) is 0 Å². The molecule has 4 aromatic rings. The highest BCUT2D eigenvalue weighted by Crippen LogP contribution is 2.36. The first-order chi connectivity index (χ1) is 17.3. The zero-order valence-corrected chi connectivity index (χ0v) is 20.2. The standard InChI is InChI=1S/C31H23N3O2/c1-21-6-11-27(18-22(21)20-32)35-25-12-7-23(8-13-25)31(2,3)24-9-14-26(15-10-24)36-28-16-17-29(33-4)30(19-28)34-5/h6-19H,1-3H3. The molecule has 0 heterocycles. The molecule has 0 radical (unpaired) electrons. The summed E-state index contributed by atoms with van der Waals surface area (Å²) in [5, 5.41) is 9.24. The molecule has 0 atom stereocenters. The second kappa shape index (κ2) is 10.1. The molecule has 0 saturated heterocycles. The van der Waals surface area contributed by atoms with Gasteiger partial charge in [0.25, 0.3) is 0 Å². The zero-order valence-electron chi connectivity index (χ0n) is 20.2. The van der Waals surface area contributed by atoms with Crippen molar-refractivity contribution in [1.82, 2.24) is 0 Å². The smallest absolute Gasteiger partial charge is 0.198 e. The van der Waals surface area contributed by atoms with Crippen LogP contribution >= 0.6 is 0 Å². The molecule has 0 unspecified atom stereocenters. The lowest BCUT2D eigenvalue weighted by molar-refractivity contribution is 0.481. The molecule has 4 aromatic carbocycles. The number of nitriles is 1. The van der Waals surface area contributed by atoms with Crippen LogP contribution in [-0.4, -0.2) is 0 Å². The Balaban J connectivity index is 1.48. The lowest BCUT2D eigenvalue weighted by Gasteiger charge is -2.26. The van der Waals surface area contributed by atoms with E-state index in [0.717, 1.165) is 16.7 Å². The number of hydrogen-bond acceptors (Lipinski definition) is 3. The molecule has 0 aromatic heterocycles. The fraction of sp³-hybridized carbons (Fsp3) is 0.129. The monoisotopic (exact) mass is 469 g/mol. The molecule has 0 N–H and O–H groups in total. The normalized spacial score (nSPS) is 10.6. The maximum Gasteiger partial charge on any atom is 0.198 e. The Kier molecular flexibility index (Phi) is 6.73. The number of hydrogen-bond donors (Lipinski definition) is 0. The molecule has 0 fully saturated rings. The molecule has 4 rings (SSSR count). The van der Waals surface area contributed by atoms with E-state index in [1.807, 2.05) is 67.6 Å². The van der Waals surface area contributed by atoms with Gasteiger partial charge in [0.15, 0.2) is 11.4 Å². The molecule has 0 amide bonds. The molecule has 5 heteroatoms. The summed E-state index contributed by atoms with van der Waals surface area (Å²) in [5.41, 5.74) is 4.10. The molecule has 174 valence electrons. The van der Waals surface area contributed by atoms with E-state index in [1.165, 1.54) is 0 Å². The molecule has 0 bridgehead atoms. The topological polar surface area (TPSA) is 51.0 Å². The summed E-state index contributed by atoms with van der Waals surface area (Å²) >= 11 is 0. The SMILES string of the molecule is [C-]#[N+]c1ccc(Oc2ccc(C(C)(C)c3ccc(Oc4ccc(C)c(C#N)c4)cc3)cc2)cc1[N+]#[C-]. The van der Waals surface area contributed by atoms with Crippen LogP contribution in [0.1, 0.15) is 36.1 Å². The van der Waals surface area contributed by atoms with E-state index in [2.05, 4.69) is 29.6 Å². The van der Waals surface area contributed by atoms with Crippen LogP contribution in [0.5, 0.6) is 23.0 Å². The van der Waals surface area contributed by atoms with E-state index < -0.39 is 0 Å². The summed E-state index contributed by atoms with van der Waals surface area (Å²) in [7, 11) is 0. The average molecular weight is 470 g/mol. The molecular formula is C31H23N3O2. The van der Waals surface area contributed by atoms with E-state index in [4.69, 9.17) is 22.6 Å². The molecule has 0 spiro atoms. The van der Waals surface area contributed by atoms with Gasteiger partial charge in [-0.1, -0.05) is 50.2 Å². The van der Waals surface area contributed by atoms with E-state index >= 15 is 0 Å². The van der Waals surface area contributed by atoms with E-state index in [9.17, 15) is 5.26 Å². The Morgan fingerprint density at radius 2 is 1.14 bits per heavy atom. The van der Waals surface area contributed by atoms with Crippen LogP contribution in [0.15, 0.2) is 84.9 Å². The van der Waals surface area contributed by atoms with Gasteiger partial charge in [0.2, 0.25) is 0 Å². The van der Waals surface area contributed by atoms with Crippen molar-refractivity contribution in [3.63, 3.8) is 0 Å². The third-order valence-electron chi connectivity index (χ3n) is 6.14. The quantitative estimate of drug-likeness (QED) is 0.265. The van der Waals surface area contributed by atoms with Gasteiger partial charge >= 0.3 is 0 Å². The minimum Gasteiger partial charge on any atom is -0.459 e. The average Bonchev–Trinajstić information content (AvgIpc) is 2.90. The zero-order chi connectivity index (χ0) is 25.7. The number of aryl methyl sites for hydroxylation is 1. The Morgan fingerprint density at radius 1 is 0.667 bits per heavy atom. The van der Waals surface area contributed by atoms with Gasteiger partial charge in [-0.25, -0.2) is 4.85 Å². The number of ether oxygens (including phenoxy) is 2. The Morgan fingerprint density at radius 3 is 1.64 bits per heavy atom. The van der Waals surface area contributed by atoms with Gasteiger partial charge in [-0.15, -0.1) is 0 Å². The summed E-state index contributed by atoms with van der Waals surface area (Å²) < 4.78 is 11.9. The predicted molar refractivity (Wildman–Crippen MR) is 140 cm³/mol. The van der Waals surface area contributed by atoms with Crippen molar-refractivity contribution < 1.29 is 9.47 Å². The van der Waals surface area contributed by atoms with Gasteiger partial charge in [-0.05, 0) is 72.1 Å². The number of nitrogens with zero attached hydrogens (tertiary/aromatic N) is 3. The van der Waals surface area contributed by atoms with Crippen LogP contribution < -0.4 is 9.47 Å². The number of benzene rings is 4. The van der Waals surface area contributed by atoms with Gasteiger partial charge in [0.1, 0.15) is 23.0 Å². The fourth-order valence-electron chi connectivity index (χ4n) is 3.85. The van der Waals surface area contributed by atoms with Crippen molar-refractivity contribution >= 4 is 11.4 Å². The van der Waals surface area contributed by atoms with Gasteiger partial charge in [-0.2, -0.15) is 5.26 Å². The first kappa shape index (κ1) is 24.1. The molecule has 0 aliphatic heterocycles. The van der Waals surface area contributed by atoms with Crippen molar-refractivity contribution in [1.29, 1.82) is 5.26 Å². The molecule has 36 heavy (non-hydrogen) atoms. The maximum absolute atomic E-state index is 9.24. The first-order valence-electron chi connectivity index (χ1n) is 11.3. The van der Waals surface area contributed by atoms with Crippen LogP contribution in [-0.2, 0) is 5.41 Å². The summed E-state index contributed by atoms with van der Waals surface area (Å²) in [6, 6.07) is 28.4. The highest BCUT2D eigenvalue weighted by Gasteiger charge is 2.23. The van der Waals surface area contributed by atoms with Crippen molar-refractivity contribution in [3.8, 4) is 29.1 Å². The molecule has 0 aliphatic rings. The summed E-state index contributed by atoms with van der Waals surface area (Å²) in [6.07, 6.45) is 0. The van der Waals surface area contributed by atoms with Crippen LogP contribution in [0.2, 0.25) is 0 Å². The molecule has 0 aliphatic carbocycles. The third kappa shape index (κ3) is 5.05. The molecular weight excluding hydrogens is 446 g/mol. The van der Waals surface area contributed by atoms with Crippen LogP contribution in [0.4, 0.5) is 11.4 Å². The highest BCUT2D eigenvalue weighted by atomic mass is 16.5. The van der Waals surface area contributed by atoms with Crippen molar-refractivity contribution in [2.75, 3.05) is 0 Å². The summed E-state index contributed by atoms with van der Waals surface area (Å²) in [4.78, 5) is 6.75. The second-order valence-electron chi connectivity index (χ2n) is 8.84. The van der Waals surface area contributed by atoms with E-state index in [-0.39, 0.29) is 11.1 Å². The summed E-state index contributed by atoms with van der Waals surface area (Å²) in [6.45, 7) is 20.6. The minimum atomic E-state index is -0.260. The van der Waals surface area contributed by atoms with Gasteiger partial charge in [-0.3, -0.25) is 4.85 Å². The first-order valence-corrected chi connectivity index (χ1v) is 11.3. The van der Waals surface area contributed by atoms with Crippen LogP contribution in [0, 0.1) is 31.4 Å². The third-order valence-corrected chi connectivity index (χ3v) is 6.14. The maximum atomic E-state index is 9.24. The lowest BCUT2D eigenvalue weighted by Crippen LogP contribution is -2.18. The minimum absolute atomic E-state index is 0.260. The summed E-state index contributed by atoms with van der Waals surface area (Å²) in [5.74, 6) is 2.51.